The van der Waals surface area contributed by atoms with Crippen molar-refractivity contribution >= 4 is 49.4 Å². The quantitative estimate of drug-likeness (QED) is 0.222. The average molecular weight is 682 g/mol. The van der Waals surface area contributed by atoms with E-state index in [1.165, 1.54) is 47.1 Å². The summed E-state index contributed by atoms with van der Waals surface area (Å²) < 4.78 is 12.3. The van der Waals surface area contributed by atoms with E-state index < -0.39 is 40.8 Å². The molecule has 3 nitrogen and oxygen atoms in total. The molecule has 0 unspecified atom stereocenters. The molecule has 0 amide bonds. The van der Waals surface area contributed by atoms with Crippen molar-refractivity contribution < 1.29 is 4.12 Å². The van der Waals surface area contributed by atoms with Crippen molar-refractivity contribution in [2.24, 2.45) is 0 Å². The number of nitrogens with zero attached hydrogens (tertiary/aromatic N) is 2. The minimum atomic E-state index is -1.68. The predicted octanol–water partition coefficient (Wildman–Crippen LogP) is 7.49. The Balaban J connectivity index is 0.000000231. The van der Waals surface area contributed by atoms with Crippen LogP contribution in [0.5, 0.6) is 0 Å². The van der Waals surface area contributed by atoms with Crippen LogP contribution in [-0.4, -0.2) is 68.2 Å². The van der Waals surface area contributed by atoms with Crippen molar-refractivity contribution in [2.75, 3.05) is 0 Å². The van der Waals surface area contributed by atoms with E-state index >= 15 is 0 Å². The Hall–Kier alpha value is 1.63. The first-order chi connectivity index (χ1) is 14.1. The van der Waals surface area contributed by atoms with Gasteiger partial charge < -0.3 is 0 Å². The Kier molecular flexibility index (Phi) is 10.8. The molecule has 0 aromatic carbocycles. The Labute approximate surface area is 211 Å². The van der Waals surface area contributed by atoms with Crippen LogP contribution in [0.4, 0.5) is 0 Å². The minimum absolute atomic E-state index is 0.251. The maximum atomic E-state index is 6.71. The van der Waals surface area contributed by atoms with Gasteiger partial charge in [-0.15, -0.1) is 8.58 Å². The molecular formula is C24H53BiN2OPSi2. The summed E-state index contributed by atoms with van der Waals surface area (Å²) in [6.45, 7) is 23.6. The van der Waals surface area contributed by atoms with E-state index in [0.717, 1.165) is 11.3 Å². The van der Waals surface area contributed by atoms with E-state index in [1.54, 1.807) is 25.7 Å². The van der Waals surface area contributed by atoms with Gasteiger partial charge in [-0.25, -0.2) is 0 Å². The number of hydrogen-bond donors (Lipinski definition) is 0. The molecule has 1 saturated heterocycles. The number of rotatable bonds is 2. The number of hydrogen-bond acceptors (Lipinski definition) is 3. The summed E-state index contributed by atoms with van der Waals surface area (Å²) in [5, 5.41) is 0. The van der Waals surface area contributed by atoms with E-state index in [1.807, 2.05) is 0 Å². The first kappa shape index (κ1) is 28.9. The standard InChI is InChI=1S/C12H30N2OSi2.C12H23P.Bi/c1-11(2,3)13-16(7,8)15-17(9,10)14-12(4,5)6;1-3-7-11(8-4-1)13-12-9-5-2-6-10-12;/h1-10H3;11-13H,1-10H2;/q-2;;+2. The van der Waals surface area contributed by atoms with E-state index in [0.29, 0.717) is 0 Å². The second-order valence-corrected chi connectivity index (χ2v) is 29.2. The van der Waals surface area contributed by atoms with Crippen molar-refractivity contribution in [1.29, 1.82) is 0 Å². The van der Waals surface area contributed by atoms with Crippen LogP contribution in [0.25, 0.3) is 0 Å². The molecule has 2 saturated carbocycles. The Bertz CT molecular complexity index is 505. The van der Waals surface area contributed by atoms with Crippen LogP contribution in [0, 0.1) is 0 Å². The van der Waals surface area contributed by atoms with Gasteiger partial charge in [0, 0.05) is 0 Å². The molecule has 0 N–H and O–H groups in total. The van der Waals surface area contributed by atoms with Gasteiger partial charge in [-0.05, 0) is 37.0 Å². The van der Waals surface area contributed by atoms with Gasteiger partial charge in [-0.1, -0.05) is 38.5 Å². The molecule has 1 aliphatic heterocycles. The van der Waals surface area contributed by atoms with E-state index in [2.05, 4.69) is 72.7 Å². The van der Waals surface area contributed by atoms with Crippen molar-refractivity contribution in [3.63, 3.8) is 0 Å². The van der Waals surface area contributed by atoms with Gasteiger partial charge in [0.25, 0.3) is 0 Å². The first-order valence-corrected chi connectivity index (χ1v) is 22.9. The van der Waals surface area contributed by atoms with Crippen molar-refractivity contribution in [3.05, 3.63) is 0 Å². The summed E-state index contributed by atoms with van der Waals surface area (Å²) in [6.07, 6.45) is 15.4. The normalized spacial score (nSPS) is 26.9. The fourth-order valence-electron chi connectivity index (χ4n) is 5.76. The zero-order chi connectivity index (χ0) is 23.5. The van der Waals surface area contributed by atoms with Crippen molar-refractivity contribution in [2.45, 2.75) is 154 Å². The fraction of sp³-hybridized carbons (Fsp3) is 1.00. The molecule has 0 spiro atoms. The average Bonchev–Trinajstić information content (AvgIpc) is 2.60. The van der Waals surface area contributed by atoms with E-state index in [-0.39, 0.29) is 11.1 Å². The molecule has 183 valence electrons. The Morgan fingerprint density at radius 2 is 0.968 bits per heavy atom. The van der Waals surface area contributed by atoms with Crippen LogP contribution in [-0.2, 0) is 4.12 Å². The van der Waals surface area contributed by atoms with Crippen LogP contribution in [0.2, 0.25) is 26.2 Å². The third-order valence-corrected chi connectivity index (χ3v) is 35.0. The first-order valence-electron chi connectivity index (χ1n) is 12.9. The molecule has 2 aliphatic carbocycles. The SMILES string of the molecule is C1CCC(PC2CCCCC2)CC1.CC(C)(C)[N]1[Bi][N](C(C)(C)C)[Si](C)(C)O[Si]1(C)C. The molecule has 0 aromatic rings. The van der Waals surface area contributed by atoms with Crippen molar-refractivity contribution in [1.82, 2.24) is 5.02 Å². The monoisotopic (exact) mass is 681 g/mol. The van der Waals surface area contributed by atoms with Gasteiger partial charge in [-0.2, -0.15) is 0 Å². The van der Waals surface area contributed by atoms with Gasteiger partial charge in [0.05, 0.1) is 0 Å². The fourth-order valence-corrected chi connectivity index (χ4v) is 30.2. The summed E-state index contributed by atoms with van der Waals surface area (Å²) in [4.78, 5) is 0. The molecule has 0 atom stereocenters. The second kappa shape index (κ2) is 11.6. The Morgan fingerprint density at radius 3 is 1.26 bits per heavy atom. The second-order valence-electron chi connectivity index (χ2n) is 12.9. The topological polar surface area (TPSA) is 15.7 Å². The molecule has 31 heavy (non-hydrogen) atoms. The summed E-state index contributed by atoms with van der Waals surface area (Å²) in [6, 6.07) is 0. The third kappa shape index (κ3) is 8.97. The van der Waals surface area contributed by atoms with Gasteiger partial charge in [0.15, 0.2) is 0 Å². The van der Waals surface area contributed by atoms with Gasteiger partial charge in [0.2, 0.25) is 0 Å². The van der Waals surface area contributed by atoms with Crippen LogP contribution in [0.1, 0.15) is 106 Å². The molecule has 7 heteroatoms. The molecule has 1 heterocycles. The van der Waals surface area contributed by atoms with E-state index in [4.69, 9.17) is 4.12 Å². The van der Waals surface area contributed by atoms with Crippen LogP contribution >= 0.6 is 8.58 Å². The van der Waals surface area contributed by atoms with Gasteiger partial charge >= 0.3 is 129 Å². The summed E-state index contributed by atoms with van der Waals surface area (Å²) >= 11 is -0.854. The molecule has 3 fully saturated rings. The molecular weight excluding hydrogens is 628 g/mol. The Morgan fingerprint density at radius 1 is 0.645 bits per heavy atom. The van der Waals surface area contributed by atoms with Gasteiger partial charge in [-0.3, -0.25) is 0 Å². The maximum absolute atomic E-state index is 6.71. The van der Waals surface area contributed by atoms with E-state index in [9.17, 15) is 0 Å². The zero-order valence-electron chi connectivity index (χ0n) is 22.5. The van der Waals surface area contributed by atoms with Crippen LogP contribution in [0.15, 0.2) is 0 Å². The van der Waals surface area contributed by atoms with Crippen LogP contribution in [0.3, 0.4) is 0 Å². The predicted molar refractivity (Wildman–Crippen MR) is 147 cm³/mol. The molecule has 0 bridgehead atoms. The molecule has 3 aliphatic rings. The zero-order valence-corrected chi connectivity index (χ0v) is 29.0. The summed E-state index contributed by atoms with van der Waals surface area (Å²) in [5.74, 6) is 0. The summed E-state index contributed by atoms with van der Waals surface area (Å²) in [5.41, 5.74) is 2.80. The van der Waals surface area contributed by atoms with Gasteiger partial charge in [0.1, 0.15) is 0 Å². The van der Waals surface area contributed by atoms with Crippen LogP contribution < -0.4 is 0 Å². The molecule has 1 radical (unpaired) electrons. The van der Waals surface area contributed by atoms with Crippen molar-refractivity contribution in [3.8, 4) is 0 Å². The summed E-state index contributed by atoms with van der Waals surface area (Å²) in [7, 11) is -2.02. The molecule has 3 rings (SSSR count). The molecule has 0 aromatic heterocycles. The third-order valence-electron chi connectivity index (χ3n) is 6.65.